The maximum atomic E-state index is 10.5. The Bertz CT molecular complexity index is 145. The first-order valence-corrected chi connectivity index (χ1v) is 3.42. The van der Waals surface area contributed by atoms with Crippen molar-refractivity contribution in [3.63, 3.8) is 0 Å². The van der Waals surface area contributed by atoms with Crippen molar-refractivity contribution >= 4 is 6.09 Å². The molecule has 3 N–H and O–H groups in total. The fourth-order valence-electron chi connectivity index (χ4n) is 0.578. The van der Waals surface area contributed by atoms with Gasteiger partial charge in [0.15, 0.2) is 0 Å². The van der Waals surface area contributed by atoms with Gasteiger partial charge in [-0.2, -0.15) is 0 Å². The summed E-state index contributed by atoms with van der Waals surface area (Å²) in [7, 11) is 1.33. The van der Waals surface area contributed by atoms with Gasteiger partial charge in [-0.25, -0.2) is 4.79 Å². The van der Waals surface area contributed by atoms with Crippen LogP contribution in [0.5, 0.6) is 0 Å². The van der Waals surface area contributed by atoms with Crippen molar-refractivity contribution in [3.05, 3.63) is 12.3 Å². The number of alkyl carbamates (subject to hydrolysis) is 1. The standard InChI is InChI=1S/C7H14N2O2/c1-6(8)4-3-5-9-7(10)11-2/h1,3-5,8H2,2H3,(H,9,10). The summed E-state index contributed by atoms with van der Waals surface area (Å²) < 4.78 is 4.35. The number of nitrogens with one attached hydrogen (secondary N) is 1. The molecular weight excluding hydrogens is 144 g/mol. The molecule has 0 aromatic carbocycles. The third kappa shape index (κ3) is 6.70. The van der Waals surface area contributed by atoms with Crippen LogP contribution in [0.2, 0.25) is 0 Å². The van der Waals surface area contributed by atoms with E-state index in [0.717, 1.165) is 12.8 Å². The van der Waals surface area contributed by atoms with E-state index in [1.54, 1.807) is 0 Å². The van der Waals surface area contributed by atoms with Crippen LogP contribution in [0.1, 0.15) is 12.8 Å². The van der Waals surface area contributed by atoms with Gasteiger partial charge in [-0.15, -0.1) is 0 Å². The number of methoxy groups -OCH3 is 1. The summed E-state index contributed by atoms with van der Waals surface area (Å²) in [5.41, 5.74) is 5.94. The van der Waals surface area contributed by atoms with Gasteiger partial charge >= 0.3 is 6.09 Å². The van der Waals surface area contributed by atoms with Gasteiger partial charge in [-0.1, -0.05) is 6.58 Å². The minimum atomic E-state index is -0.410. The fourth-order valence-corrected chi connectivity index (χ4v) is 0.578. The van der Waals surface area contributed by atoms with Gasteiger partial charge in [-0.3, -0.25) is 0 Å². The molecule has 0 bridgehead atoms. The number of amides is 1. The Morgan fingerprint density at radius 3 is 2.82 bits per heavy atom. The minimum Gasteiger partial charge on any atom is -0.453 e. The maximum absolute atomic E-state index is 10.5. The van der Waals surface area contributed by atoms with E-state index in [4.69, 9.17) is 5.73 Å². The number of rotatable bonds is 4. The largest absolute Gasteiger partial charge is 0.453 e. The van der Waals surface area contributed by atoms with Crippen molar-refractivity contribution in [2.45, 2.75) is 12.8 Å². The molecule has 0 heterocycles. The van der Waals surface area contributed by atoms with Crippen LogP contribution in [0.25, 0.3) is 0 Å². The summed E-state index contributed by atoms with van der Waals surface area (Å²) in [4.78, 5) is 10.5. The molecule has 4 heteroatoms. The summed E-state index contributed by atoms with van der Waals surface area (Å²) in [6, 6.07) is 0. The average molecular weight is 158 g/mol. The first-order chi connectivity index (χ1) is 5.16. The molecule has 0 aliphatic carbocycles. The lowest BCUT2D eigenvalue weighted by Gasteiger charge is -2.02. The van der Waals surface area contributed by atoms with Crippen LogP contribution >= 0.6 is 0 Å². The molecule has 1 amide bonds. The Balaban J connectivity index is 3.14. The molecule has 64 valence electrons. The Labute approximate surface area is 66.4 Å². The Morgan fingerprint density at radius 2 is 2.36 bits per heavy atom. The second-order valence-electron chi connectivity index (χ2n) is 2.18. The van der Waals surface area contributed by atoms with Crippen LogP contribution < -0.4 is 11.1 Å². The van der Waals surface area contributed by atoms with E-state index in [2.05, 4.69) is 16.6 Å². The van der Waals surface area contributed by atoms with E-state index in [-0.39, 0.29) is 0 Å². The third-order valence-corrected chi connectivity index (χ3v) is 1.13. The van der Waals surface area contributed by atoms with Gasteiger partial charge < -0.3 is 15.8 Å². The van der Waals surface area contributed by atoms with Crippen LogP contribution in [-0.2, 0) is 4.74 Å². The van der Waals surface area contributed by atoms with Gasteiger partial charge in [-0.05, 0) is 12.8 Å². The molecule has 0 saturated carbocycles. The van der Waals surface area contributed by atoms with Crippen LogP contribution in [0.15, 0.2) is 12.3 Å². The number of carbonyl (C=O) groups is 1. The predicted octanol–water partition coefficient (Wildman–Crippen LogP) is 0.595. The van der Waals surface area contributed by atoms with Gasteiger partial charge in [0.25, 0.3) is 0 Å². The quantitative estimate of drug-likeness (QED) is 0.589. The molecule has 0 aromatic heterocycles. The lowest BCUT2D eigenvalue weighted by Crippen LogP contribution is -2.24. The van der Waals surface area contributed by atoms with Crippen molar-refractivity contribution in [1.29, 1.82) is 0 Å². The second-order valence-corrected chi connectivity index (χ2v) is 2.18. The Morgan fingerprint density at radius 1 is 1.73 bits per heavy atom. The van der Waals surface area contributed by atoms with Crippen LogP contribution in [-0.4, -0.2) is 19.7 Å². The van der Waals surface area contributed by atoms with Crippen molar-refractivity contribution in [2.24, 2.45) is 5.73 Å². The van der Waals surface area contributed by atoms with E-state index >= 15 is 0 Å². The lowest BCUT2D eigenvalue weighted by molar-refractivity contribution is 0.171. The Kier molecular flexibility index (Phi) is 4.98. The highest BCUT2D eigenvalue weighted by Gasteiger charge is 1.95. The molecular formula is C7H14N2O2. The summed E-state index contributed by atoms with van der Waals surface area (Å²) >= 11 is 0. The zero-order valence-electron chi connectivity index (χ0n) is 6.72. The molecule has 0 fully saturated rings. The molecule has 0 aromatic rings. The van der Waals surface area contributed by atoms with Crippen LogP contribution in [0, 0.1) is 0 Å². The summed E-state index contributed by atoms with van der Waals surface area (Å²) in [5, 5.41) is 2.53. The second kappa shape index (κ2) is 5.58. The average Bonchev–Trinajstić information content (AvgIpc) is 1.97. The number of ether oxygens (including phenoxy) is 1. The van der Waals surface area contributed by atoms with Gasteiger partial charge in [0.1, 0.15) is 0 Å². The molecule has 4 nitrogen and oxygen atoms in total. The van der Waals surface area contributed by atoms with Crippen molar-refractivity contribution in [1.82, 2.24) is 5.32 Å². The van der Waals surface area contributed by atoms with E-state index < -0.39 is 6.09 Å². The van der Waals surface area contributed by atoms with E-state index in [1.807, 2.05) is 0 Å². The topological polar surface area (TPSA) is 64.3 Å². The number of hydrogen-bond donors (Lipinski definition) is 2. The highest BCUT2D eigenvalue weighted by Crippen LogP contribution is 1.92. The zero-order chi connectivity index (χ0) is 8.69. The molecule has 0 aliphatic heterocycles. The zero-order valence-corrected chi connectivity index (χ0v) is 6.72. The van der Waals surface area contributed by atoms with E-state index in [1.165, 1.54) is 7.11 Å². The normalized spacial score (nSPS) is 8.82. The smallest absolute Gasteiger partial charge is 0.406 e. The number of nitrogens with two attached hydrogens (primary N) is 1. The lowest BCUT2D eigenvalue weighted by atomic mass is 10.2. The van der Waals surface area contributed by atoms with Gasteiger partial charge in [0.05, 0.1) is 7.11 Å². The highest BCUT2D eigenvalue weighted by molar-refractivity contribution is 5.66. The summed E-state index contributed by atoms with van der Waals surface area (Å²) in [6.45, 7) is 4.10. The fraction of sp³-hybridized carbons (Fsp3) is 0.571. The molecule has 0 unspecified atom stereocenters. The third-order valence-electron chi connectivity index (χ3n) is 1.13. The maximum Gasteiger partial charge on any atom is 0.406 e. The number of carbonyl (C=O) groups excluding carboxylic acids is 1. The van der Waals surface area contributed by atoms with Crippen molar-refractivity contribution < 1.29 is 9.53 Å². The van der Waals surface area contributed by atoms with Gasteiger partial charge in [0, 0.05) is 12.2 Å². The Hall–Kier alpha value is -1.19. The van der Waals surface area contributed by atoms with E-state index in [0.29, 0.717) is 12.2 Å². The summed E-state index contributed by atoms with van der Waals surface area (Å²) in [6.07, 6.45) is 1.11. The van der Waals surface area contributed by atoms with Crippen molar-refractivity contribution in [2.75, 3.05) is 13.7 Å². The van der Waals surface area contributed by atoms with E-state index in [9.17, 15) is 4.79 Å². The molecule has 0 radical (unpaired) electrons. The molecule has 0 atom stereocenters. The predicted molar refractivity (Wildman–Crippen MR) is 43.0 cm³/mol. The number of allylic oxidation sites excluding steroid dienone is 1. The van der Waals surface area contributed by atoms with Crippen molar-refractivity contribution in [3.8, 4) is 0 Å². The SMILES string of the molecule is C=C(N)CCCNC(=O)OC. The van der Waals surface area contributed by atoms with Crippen LogP contribution in [0.3, 0.4) is 0 Å². The first-order valence-electron chi connectivity index (χ1n) is 3.42. The molecule has 0 aliphatic rings. The summed E-state index contributed by atoms with van der Waals surface area (Å²) in [5.74, 6) is 0. The molecule has 0 spiro atoms. The van der Waals surface area contributed by atoms with Gasteiger partial charge in [0.2, 0.25) is 0 Å². The molecule has 11 heavy (non-hydrogen) atoms. The molecule has 0 saturated heterocycles. The van der Waals surface area contributed by atoms with Crippen LogP contribution in [0.4, 0.5) is 4.79 Å². The number of hydrogen-bond acceptors (Lipinski definition) is 3. The monoisotopic (exact) mass is 158 g/mol. The minimum absolute atomic E-state index is 0.410. The molecule has 0 rings (SSSR count). The first kappa shape index (κ1) is 9.81. The highest BCUT2D eigenvalue weighted by atomic mass is 16.5.